The molecule has 1 aromatic rings. The molecule has 0 fully saturated rings. The molecule has 0 spiro atoms. The van der Waals surface area contributed by atoms with E-state index in [0.29, 0.717) is 12.1 Å². The molecule has 0 aliphatic carbocycles. The highest BCUT2D eigenvalue weighted by Crippen LogP contribution is 2.22. The summed E-state index contributed by atoms with van der Waals surface area (Å²) in [5.41, 5.74) is 0.245. The molecule has 0 saturated carbocycles. The molecule has 0 atom stereocenters. The van der Waals surface area contributed by atoms with Crippen molar-refractivity contribution in [3.05, 3.63) is 34.2 Å². The Bertz CT molecular complexity index is 463. The molecular formula is C15H24N2O2. The lowest BCUT2D eigenvalue weighted by molar-refractivity contribution is 0.0934. The van der Waals surface area contributed by atoms with E-state index in [1.54, 1.807) is 6.07 Å². The van der Waals surface area contributed by atoms with Gasteiger partial charge in [-0.25, -0.2) is 0 Å². The van der Waals surface area contributed by atoms with Gasteiger partial charge in [0.25, 0.3) is 5.91 Å². The molecule has 19 heavy (non-hydrogen) atoms. The maximum Gasteiger partial charge on any atom is 0.251 e. The summed E-state index contributed by atoms with van der Waals surface area (Å²) in [6.07, 6.45) is 6.20. The Kier molecular flexibility index (Phi) is 5.80. The van der Waals surface area contributed by atoms with E-state index in [4.69, 9.17) is 0 Å². The fraction of sp³-hybridized carbons (Fsp3) is 0.600. The second-order valence-electron chi connectivity index (χ2n) is 5.75. The van der Waals surface area contributed by atoms with Crippen molar-refractivity contribution in [1.82, 2.24) is 10.3 Å². The highest BCUT2D eigenvalue weighted by atomic mass is 16.2. The Morgan fingerprint density at radius 1 is 1.37 bits per heavy atom. The molecule has 0 saturated heterocycles. The Morgan fingerprint density at radius 3 is 2.74 bits per heavy atom. The van der Waals surface area contributed by atoms with Crippen LogP contribution in [0.25, 0.3) is 0 Å². The number of unbranched alkanes of at least 4 members (excludes halogenated alkanes) is 2. The minimum atomic E-state index is -0.255. The standard InChI is InChI=1S/C15H24N2O2/c1-4-5-6-8-15(2,3)11-17-14(19)12-7-9-16-13(18)10-12/h7,9-10H,4-6,8,11H2,1-3H3,(H,16,18)(H,17,19). The minimum absolute atomic E-state index is 0.0893. The summed E-state index contributed by atoms with van der Waals surface area (Å²) in [6, 6.07) is 2.93. The van der Waals surface area contributed by atoms with Crippen LogP contribution < -0.4 is 10.9 Å². The Balaban J connectivity index is 2.47. The van der Waals surface area contributed by atoms with Gasteiger partial charge < -0.3 is 10.3 Å². The molecule has 106 valence electrons. The molecule has 2 N–H and O–H groups in total. The number of H-pyrrole nitrogens is 1. The lowest BCUT2D eigenvalue weighted by atomic mass is 9.87. The van der Waals surface area contributed by atoms with Gasteiger partial charge >= 0.3 is 0 Å². The summed E-state index contributed by atoms with van der Waals surface area (Å²) in [6.45, 7) is 7.12. The van der Waals surface area contributed by atoms with Crippen LogP contribution in [-0.2, 0) is 0 Å². The second kappa shape index (κ2) is 7.12. The average Bonchev–Trinajstić information content (AvgIpc) is 2.36. The van der Waals surface area contributed by atoms with E-state index in [0.717, 1.165) is 6.42 Å². The van der Waals surface area contributed by atoms with E-state index in [-0.39, 0.29) is 16.9 Å². The summed E-state index contributed by atoms with van der Waals surface area (Å²) < 4.78 is 0. The van der Waals surface area contributed by atoms with Crippen LogP contribution in [0.15, 0.2) is 23.1 Å². The van der Waals surface area contributed by atoms with Crippen LogP contribution >= 0.6 is 0 Å². The number of amides is 1. The zero-order chi connectivity index (χ0) is 14.3. The molecule has 0 bridgehead atoms. The van der Waals surface area contributed by atoms with E-state index in [9.17, 15) is 9.59 Å². The largest absolute Gasteiger partial charge is 0.351 e. The van der Waals surface area contributed by atoms with Crippen LogP contribution in [0.1, 0.15) is 56.8 Å². The van der Waals surface area contributed by atoms with E-state index < -0.39 is 0 Å². The second-order valence-corrected chi connectivity index (χ2v) is 5.75. The van der Waals surface area contributed by atoms with Crippen molar-refractivity contribution in [3.63, 3.8) is 0 Å². The first kappa shape index (κ1) is 15.5. The van der Waals surface area contributed by atoms with E-state index in [1.165, 1.54) is 31.5 Å². The molecule has 1 amide bonds. The Labute approximate surface area is 114 Å². The first-order valence-electron chi connectivity index (χ1n) is 6.91. The van der Waals surface area contributed by atoms with Gasteiger partial charge in [-0.3, -0.25) is 9.59 Å². The summed E-state index contributed by atoms with van der Waals surface area (Å²) in [4.78, 5) is 25.5. The number of hydrogen-bond acceptors (Lipinski definition) is 2. The van der Waals surface area contributed by atoms with Crippen molar-refractivity contribution < 1.29 is 4.79 Å². The van der Waals surface area contributed by atoms with Gasteiger partial charge in [0, 0.05) is 24.4 Å². The third kappa shape index (κ3) is 5.73. The monoisotopic (exact) mass is 264 g/mol. The molecule has 4 nitrogen and oxygen atoms in total. The molecule has 1 aromatic heterocycles. The van der Waals surface area contributed by atoms with Crippen molar-refractivity contribution in [2.45, 2.75) is 46.5 Å². The number of aromatic amines is 1. The number of rotatable bonds is 7. The first-order valence-corrected chi connectivity index (χ1v) is 6.91. The van der Waals surface area contributed by atoms with Crippen molar-refractivity contribution >= 4 is 5.91 Å². The van der Waals surface area contributed by atoms with Crippen molar-refractivity contribution in [2.75, 3.05) is 6.54 Å². The number of nitrogens with one attached hydrogen (secondary N) is 2. The number of aromatic nitrogens is 1. The highest BCUT2D eigenvalue weighted by Gasteiger charge is 2.18. The fourth-order valence-electron chi connectivity index (χ4n) is 1.95. The van der Waals surface area contributed by atoms with Crippen LogP contribution in [0, 0.1) is 5.41 Å². The smallest absolute Gasteiger partial charge is 0.251 e. The van der Waals surface area contributed by atoms with Crippen LogP contribution in [0.5, 0.6) is 0 Å². The third-order valence-electron chi connectivity index (χ3n) is 3.22. The van der Waals surface area contributed by atoms with Gasteiger partial charge in [0.15, 0.2) is 0 Å². The van der Waals surface area contributed by atoms with Gasteiger partial charge in [0.2, 0.25) is 5.56 Å². The molecule has 0 aliphatic rings. The Morgan fingerprint density at radius 2 is 2.11 bits per heavy atom. The first-order chi connectivity index (χ1) is 8.94. The zero-order valence-electron chi connectivity index (χ0n) is 12.1. The van der Waals surface area contributed by atoms with E-state index in [1.807, 2.05) is 0 Å². The van der Waals surface area contributed by atoms with Gasteiger partial charge in [-0.15, -0.1) is 0 Å². The van der Waals surface area contributed by atoms with Crippen LogP contribution in [-0.4, -0.2) is 17.4 Å². The summed E-state index contributed by atoms with van der Waals surface area (Å²) in [5.74, 6) is -0.185. The fourth-order valence-corrected chi connectivity index (χ4v) is 1.95. The number of carbonyl (C=O) groups is 1. The zero-order valence-corrected chi connectivity index (χ0v) is 12.1. The summed E-state index contributed by atoms with van der Waals surface area (Å²) in [5, 5.41) is 2.90. The van der Waals surface area contributed by atoms with Gasteiger partial charge in [-0.1, -0.05) is 40.0 Å². The van der Waals surface area contributed by atoms with Gasteiger partial charge in [-0.2, -0.15) is 0 Å². The van der Waals surface area contributed by atoms with Gasteiger partial charge in [0.05, 0.1) is 0 Å². The number of pyridine rings is 1. The predicted octanol–water partition coefficient (Wildman–Crippen LogP) is 2.71. The topological polar surface area (TPSA) is 62.0 Å². The summed E-state index contributed by atoms with van der Waals surface area (Å²) in [7, 11) is 0. The normalized spacial score (nSPS) is 11.3. The molecule has 4 heteroatoms. The van der Waals surface area contributed by atoms with Gasteiger partial charge in [0.1, 0.15) is 0 Å². The highest BCUT2D eigenvalue weighted by molar-refractivity contribution is 5.93. The maximum atomic E-state index is 11.9. The minimum Gasteiger partial charge on any atom is -0.351 e. The Hall–Kier alpha value is -1.58. The molecule has 1 rings (SSSR count). The van der Waals surface area contributed by atoms with E-state index in [2.05, 4.69) is 31.1 Å². The molecule has 0 aromatic carbocycles. The molecule has 0 unspecified atom stereocenters. The third-order valence-corrected chi connectivity index (χ3v) is 3.22. The summed E-state index contributed by atoms with van der Waals surface area (Å²) >= 11 is 0. The molecular weight excluding hydrogens is 240 g/mol. The quantitative estimate of drug-likeness (QED) is 0.744. The van der Waals surface area contributed by atoms with Crippen molar-refractivity contribution in [3.8, 4) is 0 Å². The van der Waals surface area contributed by atoms with Crippen LogP contribution in [0.2, 0.25) is 0 Å². The number of hydrogen-bond donors (Lipinski definition) is 2. The maximum absolute atomic E-state index is 11.9. The number of carbonyl (C=O) groups excluding carboxylic acids is 1. The van der Waals surface area contributed by atoms with Crippen molar-refractivity contribution in [1.29, 1.82) is 0 Å². The van der Waals surface area contributed by atoms with Crippen LogP contribution in [0.3, 0.4) is 0 Å². The molecule has 0 aliphatic heterocycles. The van der Waals surface area contributed by atoms with Crippen molar-refractivity contribution in [2.24, 2.45) is 5.41 Å². The molecule has 0 radical (unpaired) electrons. The predicted molar refractivity (Wildman–Crippen MR) is 77.3 cm³/mol. The van der Waals surface area contributed by atoms with Crippen LogP contribution in [0.4, 0.5) is 0 Å². The molecule has 1 heterocycles. The lowest BCUT2D eigenvalue weighted by Crippen LogP contribution is -2.34. The average molecular weight is 264 g/mol. The SMILES string of the molecule is CCCCCC(C)(C)CNC(=O)c1cc[nH]c(=O)c1. The van der Waals surface area contributed by atoms with E-state index >= 15 is 0 Å². The van der Waals surface area contributed by atoms with Gasteiger partial charge in [-0.05, 0) is 17.9 Å². The lowest BCUT2D eigenvalue weighted by Gasteiger charge is -2.24.